The van der Waals surface area contributed by atoms with Crippen molar-refractivity contribution >= 4 is 0 Å². The monoisotopic (exact) mass is 384 g/mol. The third-order valence-electron chi connectivity index (χ3n) is 6.44. The molecular formula is C22H32N4O2. The summed E-state index contributed by atoms with van der Waals surface area (Å²) in [6.07, 6.45) is 6.85. The van der Waals surface area contributed by atoms with Crippen LogP contribution in [0.25, 0.3) is 0 Å². The number of benzene rings is 1. The average molecular weight is 385 g/mol. The molecule has 2 fully saturated rings. The van der Waals surface area contributed by atoms with Gasteiger partial charge in [-0.3, -0.25) is 0 Å². The second-order valence-corrected chi connectivity index (χ2v) is 8.30. The minimum Gasteiger partial charge on any atom is -0.379 e. The molecule has 0 spiro atoms. The van der Waals surface area contributed by atoms with Crippen molar-refractivity contribution in [2.24, 2.45) is 11.8 Å². The molecule has 2 aliphatic rings. The van der Waals surface area contributed by atoms with Crippen molar-refractivity contribution < 1.29 is 9.47 Å². The van der Waals surface area contributed by atoms with E-state index in [-0.39, 0.29) is 12.1 Å². The average Bonchev–Trinajstić information content (AvgIpc) is 3.34. The van der Waals surface area contributed by atoms with Crippen LogP contribution in [0.3, 0.4) is 0 Å². The molecular weight excluding hydrogens is 352 g/mol. The summed E-state index contributed by atoms with van der Waals surface area (Å²) in [6, 6.07) is 11.1. The lowest BCUT2D eigenvalue weighted by Gasteiger charge is -2.37. The first-order valence-corrected chi connectivity index (χ1v) is 10.5. The van der Waals surface area contributed by atoms with E-state index in [0.717, 1.165) is 36.8 Å². The molecule has 0 bridgehead atoms. The maximum Gasteiger partial charge on any atom is 0.108 e. The summed E-state index contributed by atoms with van der Waals surface area (Å²) in [7, 11) is 3.52. The van der Waals surface area contributed by atoms with Crippen LogP contribution in [0, 0.1) is 11.8 Å². The Hall–Kier alpha value is -1.76. The van der Waals surface area contributed by atoms with Gasteiger partial charge in [0.15, 0.2) is 0 Å². The molecule has 6 heteroatoms. The smallest absolute Gasteiger partial charge is 0.108 e. The largest absolute Gasteiger partial charge is 0.379 e. The molecule has 2 aromatic rings. The van der Waals surface area contributed by atoms with Gasteiger partial charge in [0.25, 0.3) is 0 Å². The van der Waals surface area contributed by atoms with Crippen molar-refractivity contribution in [2.45, 2.75) is 44.4 Å². The number of methoxy groups -OCH3 is 2. The molecule has 0 unspecified atom stereocenters. The Morgan fingerprint density at radius 3 is 2.61 bits per heavy atom. The Morgan fingerprint density at radius 1 is 1.07 bits per heavy atom. The summed E-state index contributed by atoms with van der Waals surface area (Å²) >= 11 is 0. The molecule has 28 heavy (non-hydrogen) atoms. The van der Waals surface area contributed by atoms with Gasteiger partial charge in [-0.15, -0.1) is 5.10 Å². The summed E-state index contributed by atoms with van der Waals surface area (Å²) in [5, 5.41) is 8.61. The minimum atomic E-state index is 0.211. The Kier molecular flexibility index (Phi) is 6.40. The maximum absolute atomic E-state index is 5.87. The number of aryl methyl sites for hydroxylation is 1. The minimum absolute atomic E-state index is 0.211. The number of nitrogens with zero attached hydrogens (tertiary/aromatic N) is 4. The molecule has 0 radical (unpaired) electrons. The first-order chi connectivity index (χ1) is 13.8. The van der Waals surface area contributed by atoms with Crippen LogP contribution in [0.1, 0.15) is 36.6 Å². The predicted molar refractivity (Wildman–Crippen MR) is 108 cm³/mol. The molecule has 1 aromatic heterocycles. The van der Waals surface area contributed by atoms with Crippen LogP contribution < -0.4 is 0 Å². The molecule has 6 nitrogen and oxygen atoms in total. The highest BCUT2D eigenvalue weighted by Crippen LogP contribution is 2.42. The van der Waals surface area contributed by atoms with Gasteiger partial charge in [-0.05, 0) is 49.6 Å². The zero-order valence-electron chi connectivity index (χ0n) is 17.0. The van der Waals surface area contributed by atoms with Crippen molar-refractivity contribution in [2.75, 3.05) is 33.9 Å². The van der Waals surface area contributed by atoms with Gasteiger partial charge in [-0.1, -0.05) is 35.5 Å². The van der Waals surface area contributed by atoms with E-state index in [4.69, 9.17) is 9.47 Å². The van der Waals surface area contributed by atoms with E-state index in [1.54, 1.807) is 7.11 Å². The molecule has 4 atom stereocenters. The van der Waals surface area contributed by atoms with Gasteiger partial charge >= 0.3 is 0 Å². The molecule has 152 valence electrons. The van der Waals surface area contributed by atoms with Crippen LogP contribution in [0.5, 0.6) is 0 Å². The lowest BCUT2D eigenvalue weighted by atomic mass is 9.77. The second kappa shape index (κ2) is 9.16. The third-order valence-corrected chi connectivity index (χ3v) is 6.44. The van der Waals surface area contributed by atoms with E-state index in [1.807, 2.05) is 18.0 Å². The van der Waals surface area contributed by atoms with Crippen LogP contribution in [0.15, 0.2) is 36.5 Å². The van der Waals surface area contributed by atoms with Crippen LogP contribution in [-0.4, -0.2) is 59.9 Å². The van der Waals surface area contributed by atoms with Gasteiger partial charge in [0.2, 0.25) is 0 Å². The van der Waals surface area contributed by atoms with Gasteiger partial charge in [-0.25, -0.2) is 4.68 Å². The van der Waals surface area contributed by atoms with Gasteiger partial charge in [0.05, 0.1) is 24.9 Å². The number of aromatic nitrogens is 3. The summed E-state index contributed by atoms with van der Waals surface area (Å²) in [4.78, 5) is 2.66. The summed E-state index contributed by atoms with van der Waals surface area (Å²) in [6.45, 7) is 4.10. The normalized spacial score (nSPS) is 27.8. The van der Waals surface area contributed by atoms with E-state index in [0.29, 0.717) is 6.61 Å². The first kappa shape index (κ1) is 19.6. The molecule has 2 heterocycles. The highest BCUT2D eigenvalue weighted by Gasteiger charge is 2.43. The molecule has 1 aliphatic carbocycles. The summed E-state index contributed by atoms with van der Waals surface area (Å²) < 4.78 is 13.1. The van der Waals surface area contributed by atoms with Crippen molar-refractivity contribution in [3.8, 4) is 0 Å². The summed E-state index contributed by atoms with van der Waals surface area (Å²) in [5.41, 5.74) is 2.32. The fourth-order valence-corrected chi connectivity index (χ4v) is 5.04. The standard InChI is InChI=1S/C22H32N4O2/c1-27-16-20-15-26(24-23-20)21-11-18-13-25(14-19(18)12-22(21)28-2)10-6-9-17-7-4-3-5-8-17/h3-5,7-8,15,18-19,21-22H,6,9-14,16H2,1-2H3/t18-,19+,21-,22-/m1/s1. The first-order valence-electron chi connectivity index (χ1n) is 10.5. The van der Waals surface area contributed by atoms with Crippen molar-refractivity contribution in [1.82, 2.24) is 19.9 Å². The van der Waals surface area contributed by atoms with Crippen molar-refractivity contribution in [3.05, 3.63) is 47.8 Å². The SMILES string of the molecule is COCc1cn([C@@H]2C[C@@H]3CN(CCCc4ccccc4)C[C@@H]3C[C@H]2OC)nn1. The van der Waals surface area contributed by atoms with E-state index in [9.17, 15) is 0 Å². The number of hydrogen-bond donors (Lipinski definition) is 0. The van der Waals surface area contributed by atoms with Crippen LogP contribution in [-0.2, 0) is 22.5 Å². The highest BCUT2D eigenvalue weighted by molar-refractivity contribution is 5.14. The molecule has 1 saturated carbocycles. The lowest BCUT2D eigenvalue weighted by Crippen LogP contribution is -2.37. The molecule has 1 aromatic carbocycles. The Labute approximate surface area is 167 Å². The Morgan fingerprint density at radius 2 is 1.86 bits per heavy atom. The van der Waals surface area contributed by atoms with Gasteiger partial charge < -0.3 is 14.4 Å². The molecule has 4 rings (SSSR count). The predicted octanol–water partition coefficient (Wildman–Crippen LogP) is 2.96. The topological polar surface area (TPSA) is 52.4 Å². The molecule has 1 aliphatic heterocycles. The fourth-order valence-electron chi connectivity index (χ4n) is 5.04. The molecule has 1 saturated heterocycles. The number of rotatable bonds is 8. The molecule has 0 amide bonds. The van der Waals surface area contributed by atoms with E-state index in [1.165, 1.54) is 31.6 Å². The highest BCUT2D eigenvalue weighted by atomic mass is 16.5. The number of hydrogen-bond acceptors (Lipinski definition) is 5. The zero-order valence-corrected chi connectivity index (χ0v) is 17.0. The Bertz CT molecular complexity index is 735. The van der Waals surface area contributed by atoms with Crippen LogP contribution >= 0.6 is 0 Å². The Balaban J connectivity index is 1.33. The second-order valence-electron chi connectivity index (χ2n) is 8.30. The lowest BCUT2D eigenvalue weighted by molar-refractivity contribution is -0.00548. The summed E-state index contributed by atoms with van der Waals surface area (Å²) in [5.74, 6) is 1.46. The van der Waals surface area contributed by atoms with Crippen molar-refractivity contribution in [3.63, 3.8) is 0 Å². The zero-order chi connectivity index (χ0) is 19.3. The van der Waals surface area contributed by atoms with E-state index < -0.39 is 0 Å². The number of fused-ring (bicyclic) bond motifs is 1. The van der Waals surface area contributed by atoms with Gasteiger partial charge in [0.1, 0.15) is 5.69 Å². The van der Waals surface area contributed by atoms with Gasteiger partial charge in [0, 0.05) is 27.3 Å². The van der Waals surface area contributed by atoms with E-state index in [2.05, 4.69) is 45.5 Å². The quantitative estimate of drug-likeness (QED) is 0.700. The van der Waals surface area contributed by atoms with Crippen molar-refractivity contribution in [1.29, 1.82) is 0 Å². The molecule has 0 N–H and O–H groups in total. The fraction of sp³-hybridized carbons (Fsp3) is 0.636. The van der Waals surface area contributed by atoms with Crippen LogP contribution in [0.2, 0.25) is 0 Å². The van der Waals surface area contributed by atoms with Crippen LogP contribution in [0.4, 0.5) is 0 Å². The third kappa shape index (κ3) is 4.45. The number of likely N-dealkylation sites (tertiary alicyclic amines) is 1. The van der Waals surface area contributed by atoms with E-state index >= 15 is 0 Å². The number of ether oxygens (including phenoxy) is 2. The van der Waals surface area contributed by atoms with Gasteiger partial charge in [-0.2, -0.15) is 0 Å². The maximum atomic E-state index is 5.87.